The fourth-order valence-corrected chi connectivity index (χ4v) is 4.27. The number of imidazole rings is 1. The van der Waals surface area contributed by atoms with Crippen molar-refractivity contribution in [1.29, 1.82) is 0 Å². The summed E-state index contributed by atoms with van der Waals surface area (Å²) in [5, 5.41) is 2.87. The SMILES string of the molecule is CNc1nc(N)nc2c1ncn2[C@@H]1O[C@H](COC(=O)Cc2ccccc2)[C@@H](OC(=O)[C@@H](N)C(C)C)[C@@]1(C)F. The largest absolute Gasteiger partial charge is 0.463 e. The monoisotopic (exact) mass is 529 g/mol. The van der Waals surface area contributed by atoms with Crippen molar-refractivity contribution in [2.24, 2.45) is 11.7 Å². The lowest BCUT2D eigenvalue weighted by Crippen LogP contribution is -2.48. The van der Waals surface area contributed by atoms with Crippen molar-refractivity contribution in [2.45, 2.75) is 57.3 Å². The molecule has 0 amide bonds. The molecule has 3 heterocycles. The predicted octanol–water partition coefficient (Wildman–Crippen LogP) is 1.76. The van der Waals surface area contributed by atoms with E-state index >= 15 is 4.39 Å². The van der Waals surface area contributed by atoms with Crippen LogP contribution >= 0.6 is 0 Å². The Kier molecular flexibility index (Phi) is 7.78. The molecule has 1 aliphatic heterocycles. The van der Waals surface area contributed by atoms with E-state index in [1.54, 1.807) is 45.2 Å². The molecule has 1 aliphatic rings. The minimum Gasteiger partial charge on any atom is -0.463 e. The van der Waals surface area contributed by atoms with Gasteiger partial charge in [0.2, 0.25) is 5.95 Å². The number of anilines is 2. The van der Waals surface area contributed by atoms with E-state index in [2.05, 4.69) is 20.3 Å². The normalized spacial score (nSPS) is 23.9. The number of nitrogens with one attached hydrogen (secondary N) is 1. The number of benzene rings is 1. The van der Waals surface area contributed by atoms with Crippen LogP contribution in [0.25, 0.3) is 11.2 Å². The first-order chi connectivity index (χ1) is 18.0. The summed E-state index contributed by atoms with van der Waals surface area (Å²) in [4.78, 5) is 37.8. The molecule has 0 saturated carbocycles. The molecule has 0 radical (unpaired) electrons. The number of hydrogen-bond acceptors (Lipinski definition) is 11. The van der Waals surface area contributed by atoms with E-state index in [1.165, 1.54) is 17.8 Å². The van der Waals surface area contributed by atoms with E-state index in [-0.39, 0.29) is 30.5 Å². The number of aromatic nitrogens is 4. The number of hydrogen-bond donors (Lipinski definition) is 3. The van der Waals surface area contributed by atoms with Gasteiger partial charge < -0.3 is 31.0 Å². The number of nitrogens with zero attached hydrogens (tertiary/aromatic N) is 4. The summed E-state index contributed by atoms with van der Waals surface area (Å²) in [5.41, 5.74) is 10.8. The molecule has 5 N–H and O–H groups in total. The van der Waals surface area contributed by atoms with Gasteiger partial charge in [-0.2, -0.15) is 9.97 Å². The van der Waals surface area contributed by atoms with Crippen molar-refractivity contribution in [3.8, 4) is 0 Å². The molecule has 4 rings (SSSR count). The molecule has 3 aromatic rings. The van der Waals surface area contributed by atoms with Crippen molar-refractivity contribution in [3.05, 3.63) is 42.2 Å². The topological polar surface area (TPSA) is 170 Å². The Morgan fingerprint density at radius 3 is 2.63 bits per heavy atom. The standard InChI is InChI=1S/C25H32FN7O5/c1-13(2)17(27)22(35)38-19-15(11-36-16(34)10-14-8-6-5-7-9-14)37-23(25(19,3)26)33-12-30-18-20(29-4)31-24(28)32-21(18)33/h5-9,12-13,15,17,19,23H,10-11,27H2,1-4H3,(H3,28,29,31,32)/t15-,17+,19-,23-,25-/m1/s1. The molecule has 204 valence electrons. The molecule has 0 spiro atoms. The Bertz CT molecular complexity index is 1300. The molecule has 13 heteroatoms. The van der Waals surface area contributed by atoms with Gasteiger partial charge in [-0.1, -0.05) is 44.2 Å². The van der Waals surface area contributed by atoms with Crippen LogP contribution in [0.1, 0.15) is 32.6 Å². The van der Waals surface area contributed by atoms with Gasteiger partial charge in [-0.3, -0.25) is 14.2 Å². The lowest BCUT2D eigenvalue weighted by atomic mass is 9.97. The first-order valence-electron chi connectivity index (χ1n) is 12.2. The number of alkyl halides is 1. The summed E-state index contributed by atoms with van der Waals surface area (Å²) in [6.45, 7) is 4.37. The summed E-state index contributed by atoms with van der Waals surface area (Å²) in [6, 6.07) is 8.04. The Balaban J connectivity index is 1.62. The highest BCUT2D eigenvalue weighted by Crippen LogP contribution is 2.44. The van der Waals surface area contributed by atoms with Gasteiger partial charge in [0, 0.05) is 7.05 Å². The van der Waals surface area contributed by atoms with Gasteiger partial charge in [-0.15, -0.1) is 0 Å². The van der Waals surface area contributed by atoms with Crippen molar-refractivity contribution < 1.29 is 28.2 Å². The number of nitrogen functional groups attached to an aromatic ring is 1. The number of ether oxygens (including phenoxy) is 3. The van der Waals surface area contributed by atoms with Crippen LogP contribution in [0.4, 0.5) is 16.2 Å². The Labute approximate surface area is 218 Å². The van der Waals surface area contributed by atoms with Gasteiger partial charge in [0.25, 0.3) is 0 Å². The zero-order valence-corrected chi connectivity index (χ0v) is 21.6. The maximum atomic E-state index is 16.5. The van der Waals surface area contributed by atoms with Gasteiger partial charge in [-0.05, 0) is 18.4 Å². The average molecular weight is 530 g/mol. The molecule has 1 aromatic carbocycles. The molecule has 0 bridgehead atoms. The Morgan fingerprint density at radius 1 is 1.26 bits per heavy atom. The molecule has 2 aromatic heterocycles. The number of fused-ring (bicyclic) bond motifs is 1. The fourth-order valence-electron chi connectivity index (χ4n) is 4.27. The molecule has 38 heavy (non-hydrogen) atoms. The number of rotatable bonds is 9. The maximum Gasteiger partial charge on any atom is 0.323 e. The average Bonchev–Trinajstić information content (AvgIpc) is 3.40. The summed E-state index contributed by atoms with van der Waals surface area (Å²) < 4.78 is 34.9. The second-order valence-electron chi connectivity index (χ2n) is 9.66. The van der Waals surface area contributed by atoms with Crippen LogP contribution in [-0.4, -0.2) is 69.0 Å². The van der Waals surface area contributed by atoms with Crippen molar-refractivity contribution in [1.82, 2.24) is 19.5 Å². The highest BCUT2D eigenvalue weighted by Gasteiger charge is 2.59. The van der Waals surface area contributed by atoms with E-state index in [0.717, 1.165) is 5.56 Å². The van der Waals surface area contributed by atoms with Crippen LogP contribution in [0.15, 0.2) is 36.7 Å². The van der Waals surface area contributed by atoms with Crippen molar-refractivity contribution >= 4 is 34.9 Å². The number of carbonyl (C=O) groups is 2. The third-order valence-electron chi connectivity index (χ3n) is 6.44. The number of esters is 2. The van der Waals surface area contributed by atoms with Crippen LogP contribution < -0.4 is 16.8 Å². The number of nitrogens with two attached hydrogens (primary N) is 2. The highest BCUT2D eigenvalue weighted by molar-refractivity contribution is 5.84. The van der Waals surface area contributed by atoms with E-state index in [4.69, 9.17) is 25.7 Å². The Hall–Kier alpha value is -3.84. The van der Waals surface area contributed by atoms with Crippen LogP contribution in [0.2, 0.25) is 0 Å². The van der Waals surface area contributed by atoms with Gasteiger partial charge in [0.1, 0.15) is 18.8 Å². The summed E-state index contributed by atoms with van der Waals surface area (Å²) in [6.07, 6.45) is -2.59. The smallest absolute Gasteiger partial charge is 0.323 e. The van der Waals surface area contributed by atoms with Gasteiger partial charge in [-0.25, -0.2) is 9.37 Å². The molecular formula is C25H32FN7O5. The maximum absolute atomic E-state index is 16.5. The van der Waals surface area contributed by atoms with E-state index in [0.29, 0.717) is 11.3 Å². The first kappa shape index (κ1) is 27.2. The molecule has 0 aliphatic carbocycles. The second-order valence-corrected chi connectivity index (χ2v) is 9.66. The summed E-state index contributed by atoms with van der Waals surface area (Å²) >= 11 is 0. The number of halogens is 1. The third-order valence-corrected chi connectivity index (χ3v) is 6.44. The van der Waals surface area contributed by atoms with Crippen molar-refractivity contribution in [2.75, 3.05) is 24.7 Å². The minimum atomic E-state index is -2.30. The van der Waals surface area contributed by atoms with Crippen LogP contribution in [0, 0.1) is 5.92 Å². The summed E-state index contributed by atoms with van der Waals surface area (Å²) in [7, 11) is 1.64. The van der Waals surface area contributed by atoms with Gasteiger partial charge in [0.15, 0.2) is 35.0 Å². The molecule has 5 atom stereocenters. The quantitative estimate of drug-likeness (QED) is 0.345. The van der Waals surface area contributed by atoms with Gasteiger partial charge in [0.05, 0.1) is 12.7 Å². The zero-order chi connectivity index (χ0) is 27.6. The van der Waals surface area contributed by atoms with Crippen molar-refractivity contribution in [3.63, 3.8) is 0 Å². The van der Waals surface area contributed by atoms with Gasteiger partial charge >= 0.3 is 11.9 Å². The van der Waals surface area contributed by atoms with Crippen LogP contribution in [-0.2, 0) is 30.2 Å². The first-order valence-corrected chi connectivity index (χ1v) is 12.2. The lowest BCUT2D eigenvalue weighted by molar-refractivity contribution is -0.163. The Morgan fingerprint density at radius 2 is 1.97 bits per heavy atom. The summed E-state index contributed by atoms with van der Waals surface area (Å²) in [5.74, 6) is -1.29. The second kappa shape index (κ2) is 10.9. The fraction of sp³-hybridized carbons (Fsp3) is 0.480. The zero-order valence-electron chi connectivity index (χ0n) is 21.6. The van der Waals surface area contributed by atoms with E-state index < -0.39 is 42.1 Å². The molecule has 1 fully saturated rings. The molecule has 1 saturated heterocycles. The van der Waals surface area contributed by atoms with E-state index in [1.807, 2.05) is 6.07 Å². The minimum absolute atomic E-state index is 0.0156. The third kappa shape index (κ3) is 5.38. The van der Waals surface area contributed by atoms with Crippen LogP contribution in [0.5, 0.6) is 0 Å². The molecule has 0 unspecified atom stereocenters. The van der Waals surface area contributed by atoms with Crippen LogP contribution in [0.3, 0.4) is 0 Å². The predicted molar refractivity (Wildman–Crippen MR) is 137 cm³/mol. The molecular weight excluding hydrogens is 497 g/mol. The van der Waals surface area contributed by atoms with E-state index in [9.17, 15) is 9.59 Å². The molecule has 12 nitrogen and oxygen atoms in total. The highest BCUT2D eigenvalue weighted by atomic mass is 19.1. The lowest BCUT2D eigenvalue weighted by Gasteiger charge is -2.29. The number of carbonyl (C=O) groups excluding carboxylic acids is 2.